The predicted octanol–water partition coefficient (Wildman–Crippen LogP) is 2.79. The lowest BCUT2D eigenvalue weighted by molar-refractivity contribution is 0.151. The molecule has 2 rings (SSSR count). The first-order valence-electron chi connectivity index (χ1n) is 6.48. The highest BCUT2D eigenvalue weighted by Gasteiger charge is 2.17. The van der Waals surface area contributed by atoms with Gasteiger partial charge in [-0.3, -0.25) is 4.90 Å². The molecule has 1 fully saturated rings. The Labute approximate surface area is 107 Å². The van der Waals surface area contributed by atoms with Crippen molar-refractivity contribution in [2.75, 3.05) is 19.6 Å². The number of rotatable bonds is 4. The van der Waals surface area contributed by atoms with Crippen molar-refractivity contribution in [2.24, 2.45) is 11.7 Å². The summed E-state index contributed by atoms with van der Waals surface area (Å²) in [5.74, 6) is 0.655. The summed E-state index contributed by atoms with van der Waals surface area (Å²) in [6.45, 7) is 3.73. The van der Waals surface area contributed by atoms with E-state index in [4.69, 9.17) is 5.73 Å². The molecule has 0 bridgehead atoms. The van der Waals surface area contributed by atoms with Crippen molar-refractivity contribution in [3.8, 4) is 0 Å². The zero-order valence-corrected chi connectivity index (χ0v) is 10.5. The molecule has 1 heterocycles. The standard InChI is InChI=1S/C14H20F2N2/c15-14(16)13-3-1-12(2-4-13)10-18-7-5-11(9-17)6-8-18/h1-4,11,14H,5-10,17H2. The van der Waals surface area contributed by atoms with Gasteiger partial charge in [0.2, 0.25) is 0 Å². The molecule has 0 aromatic heterocycles. The molecule has 1 aromatic rings. The second-order valence-electron chi connectivity index (χ2n) is 5.00. The topological polar surface area (TPSA) is 29.3 Å². The number of likely N-dealkylation sites (tertiary alicyclic amines) is 1. The van der Waals surface area contributed by atoms with Crippen LogP contribution in [-0.4, -0.2) is 24.5 Å². The van der Waals surface area contributed by atoms with Gasteiger partial charge in [-0.1, -0.05) is 24.3 Å². The van der Waals surface area contributed by atoms with E-state index in [-0.39, 0.29) is 5.56 Å². The number of piperidine rings is 1. The van der Waals surface area contributed by atoms with E-state index >= 15 is 0 Å². The Bertz CT molecular complexity index is 357. The fraction of sp³-hybridized carbons (Fsp3) is 0.571. The zero-order chi connectivity index (χ0) is 13.0. The van der Waals surface area contributed by atoms with Crippen molar-refractivity contribution in [1.82, 2.24) is 4.90 Å². The number of halogens is 2. The third-order valence-corrected chi connectivity index (χ3v) is 3.68. The fourth-order valence-corrected chi connectivity index (χ4v) is 2.41. The van der Waals surface area contributed by atoms with Crippen LogP contribution in [0.1, 0.15) is 30.4 Å². The van der Waals surface area contributed by atoms with E-state index in [0.717, 1.165) is 44.6 Å². The monoisotopic (exact) mass is 254 g/mol. The second kappa shape index (κ2) is 6.25. The van der Waals surface area contributed by atoms with Gasteiger partial charge in [-0.15, -0.1) is 0 Å². The molecule has 18 heavy (non-hydrogen) atoms. The lowest BCUT2D eigenvalue weighted by Gasteiger charge is -2.31. The minimum atomic E-state index is -2.38. The lowest BCUT2D eigenvalue weighted by atomic mass is 9.97. The first-order valence-corrected chi connectivity index (χ1v) is 6.48. The average Bonchev–Trinajstić information content (AvgIpc) is 2.40. The summed E-state index contributed by atoms with van der Waals surface area (Å²) < 4.78 is 24.8. The number of nitrogens with zero attached hydrogens (tertiary/aromatic N) is 1. The normalized spacial score (nSPS) is 18.4. The van der Waals surface area contributed by atoms with Crippen LogP contribution < -0.4 is 5.73 Å². The molecule has 1 aliphatic heterocycles. The highest BCUT2D eigenvalue weighted by Crippen LogP contribution is 2.21. The van der Waals surface area contributed by atoms with Gasteiger partial charge in [-0.25, -0.2) is 8.78 Å². The van der Waals surface area contributed by atoms with Gasteiger partial charge in [0.05, 0.1) is 0 Å². The Kier molecular flexibility index (Phi) is 4.66. The predicted molar refractivity (Wildman–Crippen MR) is 68.5 cm³/mol. The highest BCUT2D eigenvalue weighted by atomic mass is 19.3. The molecular weight excluding hydrogens is 234 g/mol. The Morgan fingerprint density at radius 2 is 1.78 bits per heavy atom. The molecule has 4 heteroatoms. The molecule has 100 valence electrons. The molecule has 1 saturated heterocycles. The molecule has 0 saturated carbocycles. The van der Waals surface area contributed by atoms with Gasteiger partial charge in [0, 0.05) is 12.1 Å². The summed E-state index contributed by atoms with van der Waals surface area (Å²) in [7, 11) is 0. The van der Waals surface area contributed by atoms with Gasteiger partial charge in [0.15, 0.2) is 0 Å². The quantitative estimate of drug-likeness (QED) is 0.895. The Morgan fingerprint density at radius 1 is 1.17 bits per heavy atom. The minimum Gasteiger partial charge on any atom is -0.330 e. The summed E-state index contributed by atoms with van der Waals surface area (Å²) in [5, 5.41) is 0. The third kappa shape index (κ3) is 3.50. The molecule has 0 spiro atoms. The minimum absolute atomic E-state index is 0.0978. The van der Waals surface area contributed by atoms with Crippen molar-refractivity contribution < 1.29 is 8.78 Å². The summed E-state index contributed by atoms with van der Waals surface area (Å²) in [6.07, 6.45) is -0.0867. The maximum atomic E-state index is 12.4. The van der Waals surface area contributed by atoms with Gasteiger partial charge in [0.25, 0.3) is 6.43 Å². The summed E-state index contributed by atoms with van der Waals surface area (Å²) >= 11 is 0. The van der Waals surface area contributed by atoms with Crippen LogP contribution in [0.25, 0.3) is 0 Å². The van der Waals surface area contributed by atoms with E-state index in [0.29, 0.717) is 5.92 Å². The number of alkyl halides is 2. The molecular formula is C14H20F2N2. The van der Waals surface area contributed by atoms with Crippen LogP contribution >= 0.6 is 0 Å². The SMILES string of the molecule is NCC1CCN(Cc2ccc(C(F)F)cc2)CC1. The molecule has 2 N–H and O–H groups in total. The molecule has 1 aliphatic rings. The average molecular weight is 254 g/mol. The van der Waals surface area contributed by atoms with E-state index in [9.17, 15) is 8.78 Å². The van der Waals surface area contributed by atoms with Crippen molar-refractivity contribution >= 4 is 0 Å². The Hall–Kier alpha value is -1.00. The fourth-order valence-electron chi connectivity index (χ4n) is 2.41. The lowest BCUT2D eigenvalue weighted by Crippen LogP contribution is -2.35. The Morgan fingerprint density at radius 3 is 2.28 bits per heavy atom. The van der Waals surface area contributed by atoms with Crippen molar-refractivity contribution in [3.63, 3.8) is 0 Å². The first kappa shape index (κ1) is 13.4. The number of benzene rings is 1. The van der Waals surface area contributed by atoms with Crippen LogP contribution in [0.15, 0.2) is 24.3 Å². The summed E-state index contributed by atoms with van der Waals surface area (Å²) in [6, 6.07) is 6.65. The van der Waals surface area contributed by atoms with Crippen LogP contribution in [0.2, 0.25) is 0 Å². The van der Waals surface area contributed by atoms with Crippen molar-refractivity contribution in [3.05, 3.63) is 35.4 Å². The smallest absolute Gasteiger partial charge is 0.263 e. The molecule has 1 aromatic carbocycles. The molecule has 0 aliphatic carbocycles. The van der Waals surface area contributed by atoms with Crippen molar-refractivity contribution in [2.45, 2.75) is 25.8 Å². The third-order valence-electron chi connectivity index (χ3n) is 3.68. The van der Waals surface area contributed by atoms with E-state index in [1.165, 1.54) is 12.1 Å². The summed E-state index contributed by atoms with van der Waals surface area (Å²) in [4.78, 5) is 2.36. The maximum Gasteiger partial charge on any atom is 0.263 e. The highest BCUT2D eigenvalue weighted by molar-refractivity contribution is 5.23. The summed E-state index contributed by atoms with van der Waals surface area (Å²) in [5.41, 5.74) is 6.86. The van der Waals surface area contributed by atoms with Gasteiger partial charge in [-0.2, -0.15) is 0 Å². The zero-order valence-electron chi connectivity index (χ0n) is 10.5. The van der Waals surface area contributed by atoms with Crippen LogP contribution in [0.3, 0.4) is 0 Å². The van der Waals surface area contributed by atoms with Gasteiger partial charge in [0.1, 0.15) is 0 Å². The molecule has 2 nitrogen and oxygen atoms in total. The number of nitrogens with two attached hydrogens (primary N) is 1. The van der Waals surface area contributed by atoms with Crippen LogP contribution in [0.4, 0.5) is 8.78 Å². The Balaban J connectivity index is 1.86. The maximum absolute atomic E-state index is 12.4. The van der Waals surface area contributed by atoms with E-state index in [1.807, 2.05) is 0 Å². The molecule has 0 radical (unpaired) electrons. The number of hydrogen-bond donors (Lipinski definition) is 1. The van der Waals surface area contributed by atoms with E-state index in [1.54, 1.807) is 12.1 Å². The van der Waals surface area contributed by atoms with E-state index in [2.05, 4.69) is 4.90 Å². The number of hydrogen-bond acceptors (Lipinski definition) is 2. The van der Waals surface area contributed by atoms with Gasteiger partial charge >= 0.3 is 0 Å². The molecule has 0 atom stereocenters. The van der Waals surface area contributed by atoms with E-state index < -0.39 is 6.43 Å². The molecule has 0 unspecified atom stereocenters. The van der Waals surface area contributed by atoms with Gasteiger partial charge < -0.3 is 5.73 Å². The van der Waals surface area contributed by atoms with Crippen LogP contribution in [0, 0.1) is 5.92 Å². The van der Waals surface area contributed by atoms with Gasteiger partial charge in [-0.05, 0) is 44.0 Å². The second-order valence-corrected chi connectivity index (χ2v) is 5.00. The largest absolute Gasteiger partial charge is 0.330 e. The molecule has 0 amide bonds. The van der Waals surface area contributed by atoms with Crippen LogP contribution in [0.5, 0.6) is 0 Å². The van der Waals surface area contributed by atoms with Crippen molar-refractivity contribution in [1.29, 1.82) is 0 Å². The first-order chi connectivity index (χ1) is 8.69. The van der Waals surface area contributed by atoms with Crippen LogP contribution in [-0.2, 0) is 6.54 Å².